The number of Topliss-reactive ketones (excluding diaryl/α,β-unsaturated/α-hetero) is 1. The van der Waals surface area contributed by atoms with Crippen LogP contribution in [0.4, 0.5) is 0 Å². The molecule has 0 amide bonds. The van der Waals surface area contributed by atoms with Gasteiger partial charge < -0.3 is 4.74 Å². The topological polar surface area (TPSA) is 43.4 Å². The molecular formula is C13H15IO3. The van der Waals surface area contributed by atoms with Crippen LogP contribution >= 0.6 is 22.6 Å². The molecule has 3 nitrogen and oxygen atoms in total. The number of carbonyl (C=O) groups excluding carboxylic acids is 2. The summed E-state index contributed by atoms with van der Waals surface area (Å²) in [5.41, 5.74) is -0.0149. The Morgan fingerprint density at radius 1 is 1.18 bits per heavy atom. The van der Waals surface area contributed by atoms with Crippen LogP contribution in [0.25, 0.3) is 0 Å². The van der Waals surface area contributed by atoms with E-state index in [9.17, 15) is 9.59 Å². The van der Waals surface area contributed by atoms with Crippen molar-refractivity contribution in [1.29, 1.82) is 0 Å². The predicted octanol–water partition coefficient (Wildman–Crippen LogP) is 3.06. The third-order valence-corrected chi connectivity index (χ3v) is 2.97. The third kappa shape index (κ3) is 4.46. The van der Waals surface area contributed by atoms with E-state index in [0.29, 0.717) is 5.56 Å². The van der Waals surface area contributed by atoms with Crippen LogP contribution in [0.2, 0.25) is 0 Å². The highest BCUT2D eigenvalue weighted by Gasteiger charge is 2.22. The van der Waals surface area contributed by atoms with Crippen LogP contribution in [0.3, 0.4) is 0 Å². The standard InChI is InChI=1S/C13H15IO3/c1-13(2,3)11(15)8-17-12(16)9-4-6-10(14)7-5-9/h4-7H,8H2,1-3H3. The number of hydrogen-bond donors (Lipinski definition) is 0. The van der Waals surface area contributed by atoms with Gasteiger partial charge >= 0.3 is 5.97 Å². The van der Waals surface area contributed by atoms with Gasteiger partial charge in [-0.1, -0.05) is 20.8 Å². The first-order valence-electron chi connectivity index (χ1n) is 5.26. The number of ether oxygens (including phenoxy) is 1. The molecular weight excluding hydrogens is 331 g/mol. The van der Waals surface area contributed by atoms with Crippen molar-refractivity contribution in [3.8, 4) is 0 Å². The summed E-state index contributed by atoms with van der Waals surface area (Å²) >= 11 is 2.16. The first-order valence-corrected chi connectivity index (χ1v) is 6.34. The summed E-state index contributed by atoms with van der Waals surface area (Å²) in [6.45, 7) is 5.23. The Morgan fingerprint density at radius 2 is 1.71 bits per heavy atom. The minimum absolute atomic E-state index is 0.0867. The van der Waals surface area contributed by atoms with Crippen LogP contribution in [-0.2, 0) is 9.53 Å². The molecule has 0 saturated heterocycles. The summed E-state index contributed by atoms with van der Waals surface area (Å²) in [6, 6.07) is 7.02. The van der Waals surface area contributed by atoms with Gasteiger partial charge in [-0.05, 0) is 46.9 Å². The maximum absolute atomic E-state index is 11.6. The van der Waals surface area contributed by atoms with Crippen molar-refractivity contribution in [2.45, 2.75) is 20.8 Å². The predicted molar refractivity (Wildman–Crippen MR) is 73.9 cm³/mol. The quantitative estimate of drug-likeness (QED) is 0.624. The molecule has 0 spiro atoms. The molecule has 17 heavy (non-hydrogen) atoms. The molecule has 92 valence electrons. The zero-order chi connectivity index (χ0) is 13.1. The summed E-state index contributed by atoms with van der Waals surface area (Å²) in [6.07, 6.45) is 0. The van der Waals surface area contributed by atoms with Crippen LogP contribution in [0, 0.1) is 8.99 Å². The lowest BCUT2D eigenvalue weighted by Gasteiger charge is -2.16. The minimum Gasteiger partial charge on any atom is -0.454 e. The fourth-order valence-electron chi connectivity index (χ4n) is 1.02. The zero-order valence-corrected chi connectivity index (χ0v) is 12.3. The van der Waals surface area contributed by atoms with E-state index in [1.165, 1.54) is 0 Å². The van der Waals surface area contributed by atoms with Gasteiger partial charge in [0, 0.05) is 8.99 Å². The molecule has 0 heterocycles. The van der Waals surface area contributed by atoms with Gasteiger partial charge in [-0.3, -0.25) is 4.79 Å². The summed E-state index contributed by atoms with van der Waals surface area (Å²) in [5.74, 6) is -0.546. The van der Waals surface area contributed by atoms with E-state index < -0.39 is 11.4 Å². The van der Waals surface area contributed by atoms with E-state index in [0.717, 1.165) is 3.57 Å². The van der Waals surface area contributed by atoms with E-state index in [-0.39, 0.29) is 12.4 Å². The number of benzene rings is 1. The maximum Gasteiger partial charge on any atom is 0.338 e. The van der Waals surface area contributed by atoms with Crippen molar-refractivity contribution in [3.05, 3.63) is 33.4 Å². The highest BCUT2D eigenvalue weighted by Crippen LogP contribution is 2.15. The Hall–Kier alpha value is -0.910. The molecule has 1 rings (SSSR count). The second kappa shape index (κ2) is 5.62. The van der Waals surface area contributed by atoms with E-state index in [4.69, 9.17) is 4.74 Å². The fourth-order valence-corrected chi connectivity index (χ4v) is 1.38. The molecule has 0 fully saturated rings. The second-order valence-electron chi connectivity index (χ2n) is 4.76. The van der Waals surface area contributed by atoms with Crippen LogP contribution in [0.15, 0.2) is 24.3 Å². The molecule has 0 atom stereocenters. The number of esters is 1. The first-order chi connectivity index (χ1) is 7.80. The molecule has 0 aromatic heterocycles. The van der Waals surface area contributed by atoms with Crippen molar-refractivity contribution >= 4 is 34.3 Å². The number of hydrogen-bond acceptors (Lipinski definition) is 3. The van der Waals surface area contributed by atoms with Crippen LogP contribution in [0.5, 0.6) is 0 Å². The molecule has 0 N–H and O–H groups in total. The minimum atomic E-state index is -0.480. The molecule has 0 saturated carbocycles. The lowest BCUT2D eigenvalue weighted by molar-refractivity contribution is -0.129. The molecule has 0 aliphatic carbocycles. The van der Waals surface area contributed by atoms with Crippen molar-refractivity contribution in [2.24, 2.45) is 5.41 Å². The number of rotatable bonds is 3. The zero-order valence-electron chi connectivity index (χ0n) is 10.1. The Bertz CT molecular complexity index is 415. The summed E-state index contributed by atoms with van der Waals surface area (Å²) in [5, 5.41) is 0. The molecule has 0 radical (unpaired) electrons. The Labute approximate surface area is 115 Å². The molecule has 0 bridgehead atoms. The van der Waals surface area contributed by atoms with Crippen molar-refractivity contribution < 1.29 is 14.3 Å². The molecule has 0 aliphatic heterocycles. The van der Waals surface area contributed by atoms with Crippen LogP contribution < -0.4 is 0 Å². The normalized spacial score (nSPS) is 11.1. The summed E-state index contributed by atoms with van der Waals surface area (Å²) < 4.78 is 6.01. The average Bonchev–Trinajstić information content (AvgIpc) is 2.25. The van der Waals surface area contributed by atoms with Crippen molar-refractivity contribution in [1.82, 2.24) is 0 Å². The molecule has 0 aliphatic rings. The van der Waals surface area contributed by atoms with Gasteiger partial charge in [0.05, 0.1) is 5.56 Å². The van der Waals surface area contributed by atoms with Gasteiger partial charge in [-0.2, -0.15) is 0 Å². The highest BCUT2D eigenvalue weighted by molar-refractivity contribution is 14.1. The van der Waals surface area contributed by atoms with Gasteiger partial charge in [0.25, 0.3) is 0 Å². The number of carbonyl (C=O) groups is 2. The smallest absolute Gasteiger partial charge is 0.338 e. The first kappa shape index (κ1) is 14.2. The lowest BCUT2D eigenvalue weighted by atomic mass is 9.91. The highest BCUT2D eigenvalue weighted by atomic mass is 127. The summed E-state index contributed by atoms with van der Waals surface area (Å²) in [4.78, 5) is 23.2. The molecule has 4 heteroatoms. The number of halogens is 1. The molecule has 0 unspecified atom stereocenters. The van der Waals surface area contributed by atoms with Crippen molar-refractivity contribution in [2.75, 3.05) is 6.61 Å². The second-order valence-corrected chi connectivity index (χ2v) is 6.00. The Kier molecular flexibility index (Phi) is 4.68. The van der Waals surface area contributed by atoms with Crippen LogP contribution in [-0.4, -0.2) is 18.4 Å². The van der Waals surface area contributed by atoms with Crippen molar-refractivity contribution in [3.63, 3.8) is 0 Å². The third-order valence-electron chi connectivity index (χ3n) is 2.25. The van der Waals surface area contributed by atoms with Gasteiger partial charge in [0.1, 0.15) is 0 Å². The van der Waals surface area contributed by atoms with E-state index in [1.807, 2.05) is 12.1 Å². The van der Waals surface area contributed by atoms with Crippen LogP contribution in [0.1, 0.15) is 31.1 Å². The maximum atomic E-state index is 11.6. The van der Waals surface area contributed by atoms with Gasteiger partial charge in [-0.15, -0.1) is 0 Å². The van der Waals surface area contributed by atoms with Gasteiger partial charge in [0.2, 0.25) is 0 Å². The summed E-state index contributed by atoms with van der Waals surface area (Å²) in [7, 11) is 0. The molecule has 1 aromatic carbocycles. The fraction of sp³-hybridized carbons (Fsp3) is 0.385. The Balaban J connectivity index is 2.56. The van der Waals surface area contributed by atoms with E-state index >= 15 is 0 Å². The monoisotopic (exact) mass is 346 g/mol. The largest absolute Gasteiger partial charge is 0.454 e. The Morgan fingerprint density at radius 3 is 2.18 bits per heavy atom. The number of ketones is 1. The van der Waals surface area contributed by atoms with Gasteiger partial charge in [0.15, 0.2) is 12.4 Å². The molecule has 1 aromatic rings. The SMILES string of the molecule is CC(C)(C)C(=O)COC(=O)c1ccc(I)cc1. The average molecular weight is 346 g/mol. The van der Waals surface area contributed by atoms with E-state index in [2.05, 4.69) is 22.6 Å². The van der Waals surface area contributed by atoms with Gasteiger partial charge in [-0.25, -0.2) is 4.79 Å². The van der Waals surface area contributed by atoms with E-state index in [1.54, 1.807) is 32.9 Å². The lowest BCUT2D eigenvalue weighted by Crippen LogP contribution is -2.26.